The van der Waals surface area contributed by atoms with Crippen LogP contribution in [0.3, 0.4) is 0 Å². The van der Waals surface area contributed by atoms with E-state index in [-0.39, 0.29) is 5.41 Å². The van der Waals surface area contributed by atoms with Crippen molar-refractivity contribution in [2.75, 3.05) is 26.8 Å². The molecule has 1 atom stereocenters. The molecule has 0 spiro atoms. The Labute approximate surface area is 104 Å². The van der Waals surface area contributed by atoms with E-state index in [1.165, 1.54) is 0 Å². The summed E-state index contributed by atoms with van der Waals surface area (Å²) in [5.41, 5.74) is 1.29. The minimum atomic E-state index is 0.226. The number of hydrogen-bond acceptors (Lipinski definition) is 4. The summed E-state index contributed by atoms with van der Waals surface area (Å²) in [5.74, 6) is 0. The Hall–Kier alpha value is -0.940. The number of rotatable bonds is 8. The number of aryl methyl sites for hydroxylation is 1. The molecule has 0 saturated heterocycles. The first-order chi connectivity index (χ1) is 8.09. The van der Waals surface area contributed by atoms with Gasteiger partial charge in [0, 0.05) is 33.4 Å². The maximum atomic E-state index is 5.02. The van der Waals surface area contributed by atoms with Crippen LogP contribution in [0.15, 0.2) is 6.20 Å². The van der Waals surface area contributed by atoms with Gasteiger partial charge in [0.2, 0.25) is 0 Å². The van der Waals surface area contributed by atoms with Gasteiger partial charge in [-0.15, -0.1) is 5.10 Å². The molecule has 1 unspecified atom stereocenters. The lowest BCUT2D eigenvalue weighted by Gasteiger charge is -2.27. The van der Waals surface area contributed by atoms with Gasteiger partial charge < -0.3 is 10.1 Å². The van der Waals surface area contributed by atoms with Crippen LogP contribution in [-0.2, 0) is 18.2 Å². The van der Waals surface area contributed by atoms with Crippen molar-refractivity contribution in [2.45, 2.75) is 26.7 Å². The highest BCUT2D eigenvalue weighted by molar-refractivity contribution is 4.98. The van der Waals surface area contributed by atoms with Crippen LogP contribution in [0.25, 0.3) is 0 Å². The van der Waals surface area contributed by atoms with Crippen molar-refractivity contribution in [1.29, 1.82) is 0 Å². The Morgan fingerprint density at radius 1 is 1.53 bits per heavy atom. The monoisotopic (exact) mass is 240 g/mol. The highest BCUT2D eigenvalue weighted by Crippen LogP contribution is 2.24. The fourth-order valence-electron chi connectivity index (χ4n) is 1.79. The average molecular weight is 240 g/mol. The van der Waals surface area contributed by atoms with Crippen molar-refractivity contribution in [3.05, 3.63) is 11.9 Å². The molecule has 5 heteroatoms. The molecule has 1 aromatic heterocycles. The summed E-state index contributed by atoms with van der Waals surface area (Å²) in [6.07, 6.45) is 4.06. The Balaban J connectivity index is 2.44. The quantitative estimate of drug-likeness (QED) is 0.689. The molecule has 1 rings (SSSR count). The molecule has 0 aliphatic carbocycles. The van der Waals surface area contributed by atoms with E-state index in [0.29, 0.717) is 0 Å². The predicted molar refractivity (Wildman–Crippen MR) is 67.9 cm³/mol. The third kappa shape index (κ3) is 4.83. The molecular weight excluding hydrogens is 216 g/mol. The molecule has 1 N–H and O–H groups in total. The summed E-state index contributed by atoms with van der Waals surface area (Å²) < 4.78 is 6.78. The standard InChI is InChI=1S/C12H24N4O/c1-5-12(2,10-13-6-7-17-4)8-11-9-16(3)15-14-11/h9,13H,5-8,10H2,1-4H3. The van der Waals surface area contributed by atoms with Gasteiger partial charge in [-0.2, -0.15) is 0 Å². The second-order valence-corrected chi connectivity index (χ2v) is 4.89. The van der Waals surface area contributed by atoms with Crippen LogP contribution in [-0.4, -0.2) is 41.8 Å². The fourth-order valence-corrected chi connectivity index (χ4v) is 1.79. The largest absolute Gasteiger partial charge is 0.383 e. The molecule has 0 radical (unpaired) electrons. The van der Waals surface area contributed by atoms with Gasteiger partial charge >= 0.3 is 0 Å². The van der Waals surface area contributed by atoms with Crippen LogP contribution in [0.2, 0.25) is 0 Å². The van der Waals surface area contributed by atoms with Crippen LogP contribution in [0.4, 0.5) is 0 Å². The predicted octanol–water partition coefficient (Wildman–Crippen LogP) is 1.01. The molecule has 1 heterocycles. The average Bonchev–Trinajstić information content (AvgIpc) is 2.70. The van der Waals surface area contributed by atoms with Gasteiger partial charge in [-0.05, 0) is 18.3 Å². The van der Waals surface area contributed by atoms with Gasteiger partial charge in [-0.1, -0.05) is 19.1 Å². The Bertz CT molecular complexity index is 326. The van der Waals surface area contributed by atoms with E-state index in [9.17, 15) is 0 Å². The zero-order chi connectivity index (χ0) is 12.7. The minimum Gasteiger partial charge on any atom is -0.383 e. The maximum absolute atomic E-state index is 5.02. The summed E-state index contributed by atoms with van der Waals surface area (Å²) in [4.78, 5) is 0. The molecule has 0 amide bonds. The lowest BCUT2D eigenvalue weighted by Crippen LogP contribution is -2.35. The molecule has 1 aromatic rings. The summed E-state index contributed by atoms with van der Waals surface area (Å²) >= 11 is 0. The van der Waals surface area contributed by atoms with Crippen molar-refractivity contribution >= 4 is 0 Å². The minimum absolute atomic E-state index is 0.226. The normalized spacial score (nSPS) is 14.8. The molecule has 17 heavy (non-hydrogen) atoms. The SMILES string of the molecule is CCC(C)(CNCCOC)Cc1cn(C)nn1. The van der Waals surface area contributed by atoms with Crippen molar-refractivity contribution in [1.82, 2.24) is 20.3 Å². The van der Waals surface area contributed by atoms with E-state index < -0.39 is 0 Å². The molecule has 0 fully saturated rings. The van der Waals surface area contributed by atoms with E-state index in [0.717, 1.165) is 38.2 Å². The van der Waals surface area contributed by atoms with Crippen LogP contribution in [0.1, 0.15) is 26.0 Å². The van der Waals surface area contributed by atoms with Gasteiger partial charge in [-0.25, -0.2) is 0 Å². The van der Waals surface area contributed by atoms with Gasteiger partial charge in [-0.3, -0.25) is 4.68 Å². The van der Waals surface area contributed by atoms with Crippen molar-refractivity contribution in [2.24, 2.45) is 12.5 Å². The molecule has 98 valence electrons. The second-order valence-electron chi connectivity index (χ2n) is 4.89. The fraction of sp³-hybridized carbons (Fsp3) is 0.833. The lowest BCUT2D eigenvalue weighted by molar-refractivity contribution is 0.191. The first kappa shape index (κ1) is 14.1. The number of nitrogens with one attached hydrogen (secondary N) is 1. The van der Waals surface area contributed by atoms with Crippen LogP contribution in [0.5, 0.6) is 0 Å². The van der Waals surface area contributed by atoms with E-state index in [1.54, 1.807) is 11.8 Å². The molecule has 5 nitrogen and oxygen atoms in total. The first-order valence-corrected chi connectivity index (χ1v) is 6.14. The van der Waals surface area contributed by atoms with Crippen molar-refractivity contribution in [3.8, 4) is 0 Å². The topological polar surface area (TPSA) is 52.0 Å². The molecule has 0 saturated carbocycles. The van der Waals surface area contributed by atoms with Crippen LogP contribution in [0, 0.1) is 5.41 Å². The lowest BCUT2D eigenvalue weighted by atomic mass is 9.83. The Kier molecular flexibility index (Phi) is 5.58. The smallest absolute Gasteiger partial charge is 0.0832 e. The molecule has 0 aromatic carbocycles. The van der Waals surface area contributed by atoms with Gasteiger partial charge in [0.1, 0.15) is 0 Å². The molecule has 0 aliphatic heterocycles. The van der Waals surface area contributed by atoms with Gasteiger partial charge in [0.05, 0.1) is 12.3 Å². The third-order valence-corrected chi connectivity index (χ3v) is 3.15. The summed E-state index contributed by atoms with van der Waals surface area (Å²) in [6, 6.07) is 0. The summed E-state index contributed by atoms with van der Waals surface area (Å²) in [7, 11) is 3.62. The zero-order valence-corrected chi connectivity index (χ0v) is 11.4. The third-order valence-electron chi connectivity index (χ3n) is 3.15. The van der Waals surface area contributed by atoms with Crippen molar-refractivity contribution < 1.29 is 4.74 Å². The Morgan fingerprint density at radius 2 is 2.29 bits per heavy atom. The van der Waals surface area contributed by atoms with Crippen LogP contribution >= 0.6 is 0 Å². The molecular formula is C12H24N4O. The van der Waals surface area contributed by atoms with E-state index in [1.807, 2.05) is 13.2 Å². The Morgan fingerprint density at radius 3 is 2.82 bits per heavy atom. The molecule has 0 aliphatic rings. The first-order valence-electron chi connectivity index (χ1n) is 6.14. The van der Waals surface area contributed by atoms with Gasteiger partial charge in [0.15, 0.2) is 0 Å². The number of hydrogen-bond donors (Lipinski definition) is 1. The van der Waals surface area contributed by atoms with Crippen molar-refractivity contribution in [3.63, 3.8) is 0 Å². The second kappa shape index (κ2) is 6.71. The summed E-state index contributed by atoms with van der Waals surface area (Å²) in [5, 5.41) is 11.5. The van der Waals surface area contributed by atoms with E-state index >= 15 is 0 Å². The van der Waals surface area contributed by atoms with Crippen LogP contribution < -0.4 is 5.32 Å². The van der Waals surface area contributed by atoms with E-state index in [4.69, 9.17) is 4.74 Å². The van der Waals surface area contributed by atoms with Gasteiger partial charge in [0.25, 0.3) is 0 Å². The number of nitrogens with zero attached hydrogens (tertiary/aromatic N) is 3. The van der Waals surface area contributed by atoms with E-state index in [2.05, 4.69) is 29.5 Å². The molecule has 0 bridgehead atoms. The highest BCUT2D eigenvalue weighted by Gasteiger charge is 2.23. The number of ether oxygens (including phenoxy) is 1. The highest BCUT2D eigenvalue weighted by atomic mass is 16.5. The number of aromatic nitrogens is 3. The summed E-state index contributed by atoms with van der Waals surface area (Å²) in [6.45, 7) is 7.12. The zero-order valence-electron chi connectivity index (χ0n) is 11.4. The number of methoxy groups -OCH3 is 1. The maximum Gasteiger partial charge on any atom is 0.0832 e.